The SMILES string of the molecule is COc1cccc(C(=O)N2CCN(C(=O)Nc3ccc(F)cc3F)C2C(=O)NC(CC(=O)O)c2cccc([N+](=O)[O-])c2)c1. The van der Waals surface area contributed by atoms with Gasteiger partial charge in [-0.3, -0.25) is 29.4 Å². The number of nitrogens with one attached hydrogen (secondary N) is 2. The van der Waals surface area contributed by atoms with Gasteiger partial charge in [0.2, 0.25) is 0 Å². The van der Waals surface area contributed by atoms with Crippen LogP contribution in [-0.2, 0) is 9.59 Å². The number of rotatable bonds is 9. The van der Waals surface area contributed by atoms with E-state index in [-0.39, 0.29) is 35.6 Å². The second-order valence-corrected chi connectivity index (χ2v) is 9.36. The Bertz CT molecular complexity index is 1590. The summed E-state index contributed by atoms with van der Waals surface area (Å²) in [6.45, 7) is -0.337. The van der Waals surface area contributed by atoms with E-state index in [9.17, 15) is 43.2 Å². The molecule has 2 atom stereocenters. The molecule has 1 aliphatic heterocycles. The Hall–Kier alpha value is -5.60. The highest BCUT2D eigenvalue weighted by molar-refractivity contribution is 6.01. The molecule has 3 N–H and O–H groups in total. The van der Waals surface area contributed by atoms with Crippen molar-refractivity contribution < 1.29 is 42.7 Å². The molecule has 2 unspecified atom stereocenters. The number of amides is 4. The summed E-state index contributed by atoms with van der Waals surface area (Å²) in [4.78, 5) is 64.9. The van der Waals surface area contributed by atoms with Gasteiger partial charge in [0.1, 0.15) is 17.4 Å². The fourth-order valence-corrected chi connectivity index (χ4v) is 4.56. The van der Waals surface area contributed by atoms with E-state index in [0.29, 0.717) is 11.8 Å². The number of carboxylic acids is 1. The van der Waals surface area contributed by atoms with Gasteiger partial charge in [0.25, 0.3) is 17.5 Å². The van der Waals surface area contributed by atoms with Crippen LogP contribution < -0.4 is 15.4 Å². The van der Waals surface area contributed by atoms with Crippen LogP contribution in [0.25, 0.3) is 0 Å². The van der Waals surface area contributed by atoms with Gasteiger partial charge in [-0.05, 0) is 35.9 Å². The predicted octanol–water partition coefficient (Wildman–Crippen LogP) is 3.53. The van der Waals surface area contributed by atoms with E-state index in [1.165, 1.54) is 37.4 Å². The molecule has 4 rings (SSSR count). The number of nitro groups is 1. The highest BCUT2D eigenvalue weighted by Gasteiger charge is 2.44. The number of benzene rings is 3. The summed E-state index contributed by atoms with van der Waals surface area (Å²) >= 11 is 0. The number of halogens is 2. The van der Waals surface area contributed by atoms with Crippen molar-refractivity contribution >= 4 is 35.2 Å². The van der Waals surface area contributed by atoms with Crippen molar-refractivity contribution in [2.45, 2.75) is 18.6 Å². The van der Waals surface area contributed by atoms with E-state index in [0.717, 1.165) is 28.0 Å². The minimum atomic E-state index is -1.66. The number of nitro benzene ring substituents is 1. The predicted molar refractivity (Wildman–Crippen MR) is 146 cm³/mol. The van der Waals surface area contributed by atoms with Gasteiger partial charge < -0.3 is 25.4 Å². The number of hydrogen-bond acceptors (Lipinski definition) is 7. The smallest absolute Gasteiger partial charge is 0.324 e. The Labute approximate surface area is 242 Å². The summed E-state index contributed by atoms with van der Waals surface area (Å²) in [6.07, 6.45) is -2.34. The molecule has 0 radical (unpaired) electrons. The van der Waals surface area contributed by atoms with E-state index in [4.69, 9.17) is 4.74 Å². The van der Waals surface area contributed by atoms with Crippen molar-refractivity contribution in [2.75, 3.05) is 25.5 Å². The van der Waals surface area contributed by atoms with Crippen molar-refractivity contribution in [1.82, 2.24) is 15.1 Å². The summed E-state index contributed by atoms with van der Waals surface area (Å²) in [6, 6.07) is 11.2. The minimum Gasteiger partial charge on any atom is -0.497 e. The number of non-ortho nitro benzene ring substituents is 1. The second-order valence-electron chi connectivity index (χ2n) is 9.36. The fraction of sp³-hybridized carbons (Fsp3) is 0.214. The largest absolute Gasteiger partial charge is 0.497 e. The molecule has 1 fully saturated rings. The summed E-state index contributed by atoms with van der Waals surface area (Å²) in [5.41, 5.74) is -0.522. The molecule has 1 heterocycles. The van der Waals surface area contributed by atoms with E-state index >= 15 is 0 Å². The van der Waals surface area contributed by atoms with Crippen LogP contribution in [0.15, 0.2) is 66.7 Å². The van der Waals surface area contributed by atoms with Gasteiger partial charge in [0.15, 0.2) is 6.17 Å². The van der Waals surface area contributed by atoms with Gasteiger partial charge in [-0.1, -0.05) is 18.2 Å². The molecular weight excluding hydrogens is 572 g/mol. The maximum absolute atomic E-state index is 14.3. The number of methoxy groups -OCH3 is 1. The first-order valence-corrected chi connectivity index (χ1v) is 12.7. The third-order valence-electron chi connectivity index (χ3n) is 6.60. The standard InChI is InChI=1S/C28H25F2N5O8/c1-43-20-7-3-5-17(13-20)27(39)33-10-11-34(28(40)32-22-9-8-18(29)14-21(22)30)26(33)25(38)31-23(15-24(36)37)16-4-2-6-19(12-16)35(41)42/h2-9,12-14,23,26H,10-11,15H2,1H3,(H,31,38)(H,32,40)(H,36,37). The number of hydrogen-bond donors (Lipinski definition) is 3. The molecule has 0 spiro atoms. The Balaban J connectivity index is 1.68. The number of carbonyl (C=O) groups excluding carboxylic acids is 3. The van der Waals surface area contributed by atoms with Crippen molar-refractivity contribution in [2.24, 2.45) is 0 Å². The Morgan fingerprint density at radius 1 is 1.05 bits per heavy atom. The van der Waals surface area contributed by atoms with Crippen LogP contribution in [0.1, 0.15) is 28.4 Å². The number of nitrogens with zero attached hydrogens (tertiary/aromatic N) is 3. The van der Waals surface area contributed by atoms with Crippen molar-refractivity contribution in [1.29, 1.82) is 0 Å². The molecule has 1 aliphatic rings. The van der Waals surface area contributed by atoms with Gasteiger partial charge in [0.05, 0.1) is 30.2 Å². The Kier molecular flexibility index (Phi) is 9.13. The van der Waals surface area contributed by atoms with Crippen LogP contribution in [0.4, 0.5) is 25.0 Å². The lowest BCUT2D eigenvalue weighted by atomic mass is 10.0. The summed E-state index contributed by atoms with van der Waals surface area (Å²) in [7, 11) is 1.40. The quantitative estimate of drug-likeness (QED) is 0.248. The maximum atomic E-state index is 14.3. The molecule has 15 heteroatoms. The van der Waals surface area contributed by atoms with Crippen LogP contribution in [-0.4, -0.2) is 70.0 Å². The number of aliphatic carboxylic acids is 1. The minimum absolute atomic E-state index is 0.0954. The Morgan fingerprint density at radius 2 is 1.77 bits per heavy atom. The third kappa shape index (κ3) is 7.01. The van der Waals surface area contributed by atoms with Crippen molar-refractivity contribution in [3.05, 3.63) is 99.6 Å². The average molecular weight is 598 g/mol. The second kappa shape index (κ2) is 12.9. The summed E-state index contributed by atoms with van der Waals surface area (Å²) in [5, 5.41) is 25.5. The van der Waals surface area contributed by atoms with Gasteiger partial charge in [-0.15, -0.1) is 0 Å². The highest BCUT2D eigenvalue weighted by Crippen LogP contribution is 2.26. The van der Waals surface area contributed by atoms with E-state index in [1.807, 2.05) is 0 Å². The van der Waals surface area contributed by atoms with E-state index < -0.39 is 59.0 Å². The molecule has 224 valence electrons. The maximum Gasteiger partial charge on any atom is 0.324 e. The molecule has 1 saturated heterocycles. The van der Waals surface area contributed by atoms with Crippen LogP contribution in [0.5, 0.6) is 5.75 Å². The molecule has 3 aromatic rings. The number of carbonyl (C=O) groups is 4. The number of carboxylic acid groups (broad SMARTS) is 1. The topological polar surface area (TPSA) is 171 Å². The summed E-state index contributed by atoms with van der Waals surface area (Å²) < 4.78 is 32.8. The monoisotopic (exact) mass is 597 g/mol. The number of anilines is 1. The first kappa shape index (κ1) is 30.4. The molecule has 4 amide bonds. The first-order chi connectivity index (χ1) is 20.5. The van der Waals surface area contributed by atoms with Crippen molar-refractivity contribution in [3.63, 3.8) is 0 Å². The fourth-order valence-electron chi connectivity index (χ4n) is 4.56. The first-order valence-electron chi connectivity index (χ1n) is 12.7. The van der Waals surface area contributed by atoms with Crippen molar-refractivity contribution in [3.8, 4) is 5.75 Å². The molecule has 3 aromatic carbocycles. The van der Waals surface area contributed by atoms with Gasteiger partial charge in [-0.25, -0.2) is 13.6 Å². The van der Waals surface area contributed by atoms with Crippen LogP contribution >= 0.6 is 0 Å². The molecule has 13 nitrogen and oxygen atoms in total. The molecule has 0 aromatic heterocycles. The van der Waals surface area contributed by atoms with Crippen LogP contribution in [0.2, 0.25) is 0 Å². The lowest BCUT2D eigenvalue weighted by Gasteiger charge is -2.31. The lowest BCUT2D eigenvalue weighted by Crippen LogP contribution is -2.55. The molecule has 0 aliphatic carbocycles. The molecule has 43 heavy (non-hydrogen) atoms. The van der Waals surface area contributed by atoms with Gasteiger partial charge >= 0.3 is 12.0 Å². The zero-order valence-corrected chi connectivity index (χ0v) is 22.5. The van der Waals surface area contributed by atoms with Crippen LogP contribution in [0, 0.1) is 21.7 Å². The number of urea groups is 1. The zero-order valence-electron chi connectivity index (χ0n) is 22.5. The molecular formula is C28H25F2N5O8. The highest BCUT2D eigenvalue weighted by atomic mass is 19.1. The van der Waals surface area contributed by atoms with E-state index in [1.54, 1.807) is 12.1 Å². The lowest BCUT2D eigenvalue weighted by molar-refractivity contribution is -0.384. The molecule has 0 bridgehead atoms. The summed E-state index contributed by atoms with van der Waals surface area (Å²) in [5.74, 6) is -4.61. The molecule has 0 saturated carbocycles. The third-order valence-corrected chi connectivity index (χ3v) is 6.60. The van der Waals surface area contributed by atoms with Gasteiger partial charge in [0, 0.05) is 36.9 Å². The van der Waals surface area contributed by atoms with E-state index in [2.05, 4.69) is 10.6 Å². The zero-order chi connectivity index (χ0) is 31.3. The number of ether oxygens (including phenoxy) is 1. The Morgan fingerprint density at radius 3 is 2.44 bits per heavy atom. The van der Waals surface area contributed by atoms with Crippen LogP contribution in [0.3, 0.4) is 0 Å². The average Bonchev–Trinajstić information content (AvgIpc) is 3.43. The normalized spacial score (nSPS) is 15.0. The van der Waals surface area contributed by atoms with Gasteiger partial charge in [-0.2, -0.15) is 0 Å².